The summed E-state index contributed by atoms with van der Waals surface area (Å²) in [5, 5.41) is 3.15. The molecule has 1 aliphatic heterocycles. The van der Waals surface area contributed by atoms with E-state index in [1.165, 1.54) is 26.2 Å². The molecule has 0 radical (unpaired) electrons. The Labute approximate surface area is 170 Å². The van der Waals surface area contributed by atoms with E-state index in [4.69, 9.17) is 9.47 Å². The van der Waals surface area contributed by atoms with Gasteiger partial charge in [0.05, 0.1) is 12.2 Å². The summed E-state index contributed by atoms with van der Waals surface area (Å²) in [6, 6.07) is 0.0831. The molecule has 5 heteroatoms. The topological polar surface area (TPSA) is 64.6 Å². The van der Waals surface area contributed by atoms with Crippen LogP contribution < -0.4 is 5.32 Å². The number of nitrogens with one attached hydrogen (secondary N) is 1. The van der Waals surface area contributed by atoms with Crippen LogP contribution in [0.2, 0.25) is 0 Å². The Morgan fingerprint density at radius 2 is 1.89 bits per heavy atom. The van der Waals surface area contributed by atoms with Crippen LogP contribution in [0.4, 0.5) is 0 Å². The molecule has 5 nitrogen and oxygen atoms in total. The van der Waals surface area contributed by atoms with Crippen LogP contribution in [0.3, 0.4) is 0 Å². The summed E-state index contributed by atoms with van der Waals surface area (Å²) < 4.78 is 12.2. The molecule has 0 aromatic carbocycles. The van der Waals surface area contributed by atoms with Crippen molar-refractivity contribution in [2.24, 2.45) is 11.3 Å². The zero-order valence-corrected chi connectivity index (χ0v) is 18.2. The van der Waals surface area contributed by atoms with Gasteiger partial charge in [0.25, 0.3) is 0 Å². The van der Waals surface area contributed by atoms with Crippen LogP contribution in [0.1, 0.15) is 85.5 Å². The SMILES string of the molecule is C=CCC(=O)N[C@H]1C[C@@H](C[C@@H](OC(C)=O)C2CCCCC2)O[C@@H](C(C)(C)C)C1. The van der Waals surface area contributed by atoms with Crippen molar-refractivity contribution in [3.05, 3.63) is 12.7 Å². The highest BCUT2D eigenvalue weighted by Crippen LogP contribution is 2.36. The fourth-order valence-corrected chi connectivity index (χ4v) is 4.58. The molecule has 1 amide bonds. The van der Waals surface area contributed by atoms with Gasteiger partial charge in [-0.1, -0.05) is 46.1 Å². The first-order valence-electron chi connectivity index (χ1n) is 10.9. The second-order valence-electron chi connectivity index (χ2n) is 9.62. The van der Waals surface area contributed by atoms with Gasteiger partial charge in [-0.2, -0.15) is 0 Å². The number of hydrogen-bond donors (Lipinski definition) is 1. The molecule has 0 bridgehead atoms. The maximum Gasteiger partial charge on any atom is 0.302 e. The smallest absolute Gasteiger partial charge is 0.302 e. The Morgan fingerprint density at radius 3 is 2.46 bits per heavy atom. The Hall–Kier alpha value is -1.36. The normalized spacial score (nSPS) is 27.6. The summed E-state index contributed by atoms with van der Waals surface area (Å²) >= 11 is 0. The van der Waals surface area contributed by atoms with E-state index in [-0.39, 0.29) is 41.6 Å². The monoisotopic (exact) mass is 393 g/mol. The molecule has 1 heterocycles. The lowest BCUT2D eigenvalue weighted by molar-refractivity contribution is -0.158. The predicted molar refractivity (Wildman–Crippen MR) is 111 cm³/mol. The molecule has 0 aromatic heterocycles. The molecule has 1 saturated carbocycles. The highest BCUT2D eigenvalue weighted by molar-refractivity contribution is 5.77. The zero-order valence-electron chi connectivity index (χ0n) is 18.2. The van der Waals surface area contributed by atoms with Crippen molar-refractivity contribution in [1.29, 1.82) is 0 Å². The van der Waals surface area contributed by atoms with E-state index in [2.05, 4.69) is 32.7 Å². The lowest BCUT2D eigenvalue weighted by Gasteiger charge is -2.43. The number of esters is 1. The molecule has 28 heavy (non-hydrogen) atoms. The summed E-state index contributed by atoms with van der Waals surface area (Å²) in [5.74, 6) is 0.219. The number of ether oxygens (including phenoxy) is 2. The van der Waals surface area contributed by atoms with Crippen LogP contribution in [-0.2, 0) is 19.1 Å². The Morgan fingerprint density at radius 1 is 1.21 bits per heavy atom. The second-order valence-corrected chi connectivity index (χ2v) is 9.62. The number of amides is 1. The van der Waals surface area contributed by atoms with E-state index in [0.717, 1.165) is 25.7 Å². The van der Waals surface area contributed by atoms with Gasteiger partial charge in [-0.25, -0.2) is 0 Å². The summed E-state index contributed by atoms with van der Waals surface area (Å²) in [6.07, 6.45) is 10.1. The Kier molecular flexibility index (Phi) is 8.54. The van der Waals surface area contributed by atoms with Gasteiger partial charge in [-0.15, -0.1) is 6.58 Å². The lowest BCUT2D eigenvalue weighted by atomic mass is 9.79. The molecule has 2 rings (SSSR count). The quantitative estimate of drug-likeness (QED) is 0.509. The van der Waals surface area contributed by atoms with Crippen molar-refractivity contribution in [3.8, 4) is 0 Å². The van der Waals surface area contributed by atoms with E-state index in [9.17, 15) is 9.59 Å². The van der Waals surface area contributed by atoms with Crippen LogP contribution in [0, 0.1) is 11.3 Å². The average Bonchev–Trinajstić information content (AvgIpc) is 2.61. The number of hydrogen-bond acceptors (Lipinski definition) is 4. The Bertz CT molecular complexity index is 533. The predicted octanol–water partition coefficient (Wildman–Crippen LogP) is 4.54. The molecule has 0 spiro atoms. The van der Waals surface area contributed by atoms with Crippen molar-refractivity contribution in [2.45, 2.75) is 110 Å². The van der Waals surface area contributed by atoms with E-state index >= 15 is 0 Å². The molecule has 2 fully saturated rings. The fraction of sp³-hybridized carbons (Fsp3) is 0.826. The lowest BCUT2D eigenvalue weighted by Crippen LogP contribution is -2.50. The van der Waals surface area contributed by atoms with Gasteiger partial charge in [0.2, 0.25) is 5.91 Å². The third kappa shape index (κ3) is 7.23. The summed E-state index contributed by atoms with van der Waals surface area (Å²) in [7, 11) is 0. The number of carbonyl (C=O) groups excluding carboxylic acids is 2. The van der Waals surface area contributed by atoms with Crippen molar-refractivity contribution in [3.63, 3.8) is 0 Å². The number of rotatable bonds is 7. The van der Waals surface area contributed by atoms with Crippen molar-refractivity contribution in [1.82, 2.24) is 5.32 Å². The molecule has 0 aromatic rings. The third-order valence-electron chi connectivity index (χ3n) is 6.05. The van der Waals surface area contributed by atoms with E-state index in [1.54, 1.807) is 6.08 Å². The number of carbonyl (C=O) groups is 2. The average molecular weight is 394 g/mol. The van der Waals surface area contributed by atoms with Crippen LogP contribution in [-0.4, -0.2) is 36.2 Å². The summed E-state index contributed by atoms with van der Waals surface area (Å²) in [5.41, 5.74) is -0.0121. The molecule has 160 valence electrons. The van der Waals surface area contributed by atoms with E-state index < -0.39 is 0 Å². The van der Waals surface area contributed by atoms with Gasteiger partial charge in [-0.05, 0) is 37.0 Å². The van der Waals surface area contributed by atoms with Gasteiger partial charge in [-0.3, -0.25) is 9.59 Å². The fourth-order valence-electron chi connectivity index (χ4n) is 4.58. The van der Waals surface area contributed by atoms with Crippen LogP contribution >= 0.6 is 0 Å². The van der Waals surface area contributed by atoms with Crippen molar-refractivity contribution < 1.29 is 19.1 Å². The maximum absolute atomic E-state index is 12.1. The first-order valence-corrected chi connectivity index (χ1v) is 10.9. The maximum atomic E-state index is 12.1. The minimum Gasteiger partial charge on any atom is -0.462 e. The van der Waals surface area contributed by atoms with Crippen LogP contribution in [0.25, 0.3) is 0 Å². The van der Waals surface area contributed by atoms with Gasteiger partial charge in [0.15, 0.2) is 0 Å². The molecule has 0 unspecified atom stereocenters. The first-order chi connectivity index (χ1) is 13.2. The first kappa shape index (κ1) is 22.9. The van der Waals surface area contributed by atoms with Gasteiger partial charge in [0, 0.05) is 25.8 Å². The molecule has 1 saturated heterocycles. The molecule has 1 N–H and O–H groups in total. The van der Waals surface area contributed by atoms with Gasteiger partial charge < -0.3 is 14.8 Å². The standard InChI is InChI=1S/C23H39NO4/c1-6-10-22(26)24-18-13-19(28-21(14-18)23(3,4)5)15-20(27-16(2)25)17-11-8-7-9-12-17/h6,17-21H,1,7-15H2,2-5H3,(H,24,26)/t18-,19-,20+,21+/m0/s1. The second kappa shape index (κ2) is 10.4. The minimum atomic E-state index is -0.213. The highest BCUT2D eigenvalue weighted by Gasteiger charge is 2.39. The third-order valence-corrected chi connectivity index (χ3v) is 6.05. The van der Waals surface area contributed by atoms with Crippen LogP contribution in [0.5, 0.6) is 0 Å². The molecular weight excluding hydrogens is 354 g/mol. The van der Waals surface area contributed by atoms with E-state index in [1.807, 2.05) is 0 Å². The van der Waals surface area contributed by atoms with Crippen molar-refractivity contribution >= 4 is 11.9 Å². The Balaban J connectivity index is 2.08. The molecule has 1 aliphatic carbocycles. The van der Waals surface area contributed by atoms with Gasteiger partial charge >= 0.3 is 5.97 Å². The molecule has 4 atom stereocenters. The van der Waals surface area contributed by atoms with Crippen molar-refractivity contribution in [2.75, 3.05) is 0 Å². The van der Waals surface area contributed by atoms with Crippen LogP contribution in [0.15, 0.2) is 12.7 Å². The summed E-state index contributed by atoms with van der Waals surface area (Å²) in [6.45, 7) is 11.7. The highest BCUT2D eigenvalue weighted by atomic mass is 16.5. The summed E-state index contributed by atoms with van der Waals surface area (Å²) in [4.78, 5) is 23.8. The minimum absolute atomic E-state index is 0.0112. The molecule has 2 aliphatic rings. The zero-order chi connectivity index (χ0) is 20.7. The van der Waals surface area contributed by atoms with E-state index in [0.29, 0.717) is 18.8 Å². The largest absolute Gasteiger partial charge is 0.462 e. The van der Waals surface area contributed by atoms with Gasteiger partial charge in [0.1, 0.15) is 6.10 Å². The molecular formula is C23H39NO4.